The molecule has 0 aliphatic heterocycles. The lowest BCUT2D eigenvalue weighted by Crippen LogP contribution is -2.25. The zero-order valence-corrected chi connectivity index (χ0v) is 14.0. The minimum atomic E-state index is -0.628. The van der Waals surface area contributed by atoms with Crippen molar-refractivity contribution in [3.63, 3.8) is 0 Å². The van der Waals surface area contributed by atoms with Gasteiger partial charge in [0.15, 0.2) is 0 Å². The molecule has 0 saturated carbocycles. The van der Waals surface area contributed by atoms with Gasteiger partial charge in [0.25, 0.3) is 11.7 Å². The fraction of sp³-hybridized carbons (Fsp3) is 0.200. The summed E-state index contributed by atoms with van der Waals surface area (Å²) in [7, 11) is 0. The average Bonchev–Trinajstić information content (AvgIpc) is 2.97. The van der Waals surface area contributed by atoms with Crippen LogP contribution >= 0.6 is 0 Å². The van der Waals surface area contributed by atoms with E-state index < -0.39 is 11.7 Å². The van der Waals surface area contributed by atoms with Gasteiger partial charge in [-0.05, 0) is 23.1 Å². The number of ketones is 1. The molecule has 122 valence electrons. The van der Waals surface area contributed by atoms with Crippen molar-refractivity contribution in [2.45, 2.75) is 26.2 Å². The Bertz CT molecular complexity index is 917. The van der Waals surface area contributed by atoms with E-state index in [-0.39, 0.29) is 5.41 Å². The van der Waals surface area contributed by atoms with E-state index in [0.717, 1.165) is 16.5 Å². The van der Waals surface area contributed by atoms with E-state index in [4.69, 9.17) is 0 Å². The lowest BCUT2D eigenvalue weighted by atomic mass is 9.86. The van der Waals surface area contributed by atoms with Crippen LogP contribution in [0.2, 0.25) is 0 Å². The lowest BCUT2D eigenvalue weighted by molar-refractivity contribution is -0.112. The Morgan fingerprint density at radius 1 is 0.958 bits per heavy atom. The van der Waals surface area contributed by atoms with Gasteiger partial charge in [0.1, 0.15) is 0 Å². The molecule has 1 heterocycles. The number of hydrogen-bond donors (Lipinski definition) is 2. The van der Waals surface area contributed by atoms with E-state index in [2.05, 4.69) is 31.1 Å². The molecule has 0 unspecified atom stereocenters. The molecule has 4 nitrogen and oxygen atoms in total. The number of H-pyrrole nitrogens is 1. The van der Waals surface area contributed by atoms with Gasteiger partial charge in [-0.25, -0.2) is 0 Å². The van der Waals surface area contributed by atoms with Crippen molar-refractivity contribution in [1.82, 2.24) is 4.98 Å². The van der Waals surface area contributed by atoms with E-state index in [1.807, 2.05) is 48.5 Å². The number of fused-ring (bicyclic) bond motifs is 1. The van der Waals surface area contributed by atoms with E-state index in [0.29, 0.717) is 11.3 Å². The van der Waals surface area contributed by atoms with Crippen LogP contribution in [0.1, 0.15) is 36.7 Å². The Hall–Kier alpha value is -2.88. The molecule has 0 fully saturated rings. The van der Waals surface area contributed by atoms with Gasteiger partial charge in [0, 0.05) is 22.8 Å². The molecule has 1 aromatic heterocycles. The maximum atomic E-state index is 12.6. The zero-order valence-electron chi connectivity index (χ0n) is 14.0. The van der Waals surface area contributed by atoms with Crippen molar-refractivity contribution in [3.8, 4) is 0 Å². The third-order valence-corrected chi connectivity index (χ3v) is 4.02. The minimum Gasteiger partial charge on any atom is -0.360 e. The van der Waals surface area contributed by atoms with Gasteiger partial charge in [-0.2, -0.15) is 0 Å². The van der Waals surface area contributed by atoms with Gasteiger partial charge in [-0.1, -0.05) is 57.2 Å². The highest BCUT2D eigenvalue weighted by atomic mass is 16.2. The number of hydrogen-bond acceptors (Lipinski definition) is 2. The fourth-order valence-electron chi connectivity index (χ4n) is 2.81. The van der Waals surface area contributed by atoms with E-state index >= 15 is 0 Å². The second kappa shape index (κ2) is 5.96. The lowest BCUT2D eigenvalue weighted by Gasteiger charge is -2.22. The van der Waals surface area contributed by atoms with Gasteiger partial charge in [-0.15, -0.1) is 0 Å². The number of amides is 1. The Balaban J connectivity index is 1.90. The van der Waals surface area contributed by atoms with Crippen LogP contribution in [0.15, 0.2) is 54.7 Å². The third-order valence-electron chi connectivity index (χ3n) is 4.02. The first-order valence-corrected chi connectivity index (χ1v) is 7.89. The number of Topliss-reactive ketones (excluding diaryl/α,β-unsaturated/α-hetero) is 1. The average molecular weight is 320 g/mol. The predicted octanol–water partition coefficient (Wildman–Crippen LogP) is 4.29. The monoisotopic (exact) mass is 320 g/mol. The summed E-state index contributed by atoms with van der Waals surface area (Å²) in [5.74, 6) is -1.17. The molecule has 0 spiro atoms. The largest absolute Gasteiger partial charge is 0.360 e. The Kier molecular flexibility index (Phi) is 3.97. The molecule has 24 heavy (non-hydrogen) atoms. The maximum Gasteiger partial charge on any atom is 0.296 e. The molecule has 1 amide bonds. The summed E-state index contributed by atoms with van der Waals surface area (Å²) in [5, 5.41) is 3.52. The van der Waals surface area contributed by atoms with Crippen LogP contribution in [-0.4, -0.2) is 16.7 Å². The van der Waals surface area contributed by atoms with Gasteiger partial charge < -0.3 is 10.3 Å². The second-order valence-electron chi connectivity index (χ2n) is 6.83. The third kappa shape index (κ3) is 2.95. The first-order chi connectivity index (χ1) is 11.4. The molecule has 0 atom stereocenters. The van der Waals surface area contributed by atoms with Gasteiger partial charge in [0.05, 0.1) is 5.56 Å². The smallest absolute Gasteiger partial charge is 0.296 e. The number of anilines is 1. The van der Waals surface area contributed by atoms with Crippen LogP contribution in [-0.2, 0) is 10.2 Å². The molecule has 4 heteroatoms. The van der Waals surface area contributed by atoms with E-state index in [1.165, 1.54) is 0 Å². The summed E-state index contributed by atoms with van der Waals surface area (Å²) in [6, 6.07) is 15.0. The SMILES string of the molecule is CC(C)(C)c1ccccc1NC(=O)C(=O)c1c[nH]c2ccccc12. The molecule has 0 aliphatic rings. The Morgan fingerprint density at radius 3 is 2.38 bits per heavy atom. The number of rotatable bonds is 3. The number of carbonyl (C=O) groups excluding carboxylic acids is 2. The molecular formula is C20H20N2O2. The summed E-state index contributed by atoms with van der Waals surface area (Å²) >= 11 is 0. The number of nitrogens with one attached hydrogen (secondary N) is 2. The number of benzene rings is 2. The minimum absolute atomic E-state index is 0.131. The predicted molar refractivity (Wildman–Crippen MR) is 96.4 cm³/mol. The molecular weight excluding hydrogens is 300 g/mol. The maximum absolute atomic E-state index is 12.6. The number of aromatic nitrogens is 1. The van der Waals surface area contributed by atoms with Gasteiger partial charge in [-0.3, -0.25) is 9.59 Å². The van der Waals surface area contributed by atoms with Crippen LogP contribution in [0.3, 0.4) is 0 Å². The highest BCUT2D eigenvalue weighted by Crippen LogP contribution is 2.29. The number of carbonyl (C=O) groups is 2. The highest BCUT2D eigenvalue weighted by Gasteiger charge is 2.23. The molecule has 2 aromatic carbocycles. The Labute approximate surface area is 140 Å². The van der Waals surface area contributed by atoms with Crippen LogP contribution in [0.4, 0.5) is 5.69 Å². The second-order valence-corrected chi connectivity index (χ2v) is 6.83. The fourth-order valence-corrected chi connectivity index (χ4v) is 2.81. The quantitative estimate of drug-likeness (QED) is 0.558. The van der Waals surface area contributed by atoms with Gasteiger partial charge in [0.2, 0.25) is 0 Å². The molecule has 2 N–H and O–H groups in total. The molecule has 0 saturated heterocycles. The molecule has 0 aliphatic carbocycles. The van der Waals surface area contributed by atoms with Crippen LogP contribution in [0.5, 0.6) is 0 Å². The standard InChI is InChI=1S/C20H20N2O2/c1-20(2,3)15-9-5-7-11-17(15)22-19(24)18(23)14-12-21-16-10-6-4-8-13(14)16/h4-12,21H,1-3H3,(H,22,24). The molecule has 0 radical (unpaired) electrons. The highest BCUT2D eigenvalue weighted by molar-refractivity contribution is 6.48. The first-order valence-electron chi connectivity index (χ1n) is 7.89. The summed E-state index contributed by atoms with van der Waals surface area (Å²) in [4.78, 5) is 28.0. The Morgan fingerprint density at radius 2 is 1.62 bits per heavy atom. The summed E-state index contributed by atoms with van der Waals surface area (Å²) in [5.41, 5.74) is 2.75. The van der Waals surface area contributed by atoms with Crippen LogP contribution in [0, 0.1) is 0 Å². The van der Waals surface area contributed by atoms with E-state index in [1.54, 1.807) is 6.20 Å². The van der Waals surface area contributed by atoms with Crippen molar-refractivity contribution < 1.29 is 9.59 Å². The van der Waals surface area contributed by atoms with Crippen LogP contribution in [0.25, 0.3) is 10.9 Å². The number of para-hydroxylation sites is 2. The van der Waals surface area contributed by atoms with Crippen molar-refractivity contribution in [3.05, 3.63) is 65.9 Å². The van der Waals surface area contributed by atoms with Gasteiger partial charge >= 0.3 is 0 Å². The van der Waals surface area contributed by atoms with E-state index in [9.17, 15) is 9.59 Å². The van der Waals surface area contributed by atoms with Crippen molar-refractivity contribution in [1.29, 1.82) is 0 Å². The van der Waals surface area contributed by atoms with Crippen molar-refractivity contribution in [2.24, 2.45) is 0 Å². The normalized spacial score (nSPS) is 11.5. The summed E-state index contributed by atoms with van der Waals surface area (Å²) in [6.45, 7) is 6.21. The summed E-state index contributed by atoms with van der Waals surface area (Å²) in [6.07, 6.45) is 1.59. The van der Waals surface area contributed by atoms with Crippen molar-refractivity contribution >= 4 is 28.3 Å². The molecule has 0 bridgehead atoms. The summed E-state index contributed by atoms with van der Waals surface area (Å²) < 4.78 is 0. The molecule has 3 rings (SSSR count). The molecule has 3 aromatic rings. The number of aromatic amines is 1. The first kappa shape index (κ1) is 16.0. The van der Waals surface area contributed by atoms with Crippen molar-refractivity contribution in [2.75, 3.05) is 5.32 Å². The zero-order chi connectivity index (χ0) is 17.3. The topological polar surface area (TPSA) is 62.0 Å². The van der Waals surface area contributed by atoms with Crippen LogP contribution < -0.4 is 5.32 Å².